The quantitative estimate of drug-likeness (QED) is 0.107. The van der Waals surface area contributed by atoms with E-state index in [2.05, 4.69) is 26.6 Å². The molecule has 9 N–H and O–H groups in total. The molecule has 1 fully saturated rings. The van der Waals surface area contributed by atoms with Gasteiger partial charge in [0.1, 0.15) is 0 Å². The van der Waals surface area contributed by atoms with Gasteiger partial charge in [0.15, 0.2) is 0 Å². The van der Waals surface area contributed by atoms with Gasteiger partial charge in [-0.15, -0.1) is 0 Å². The molecule has 1 rings (SSSR count). The zero-order chi connectivity index (χ0) is 26.7. The molecule has 13 nitrogen and oxygen atoms in total. The van der Waals surface area contributed by atoms with Gasteiger partial charge < -0.3 is 0 Å². The number of carboxylic acid groups (broad SMARTS) is 1. The van der Waals surface area contributed by atoms with Gasteiger partial charge in [-0.2, -0.15) is 0 Å². The molecule has 35 heavy (non-hydrogen) atoms. The maximum absolute atomic E-state index is 12.7. The van der Waals surface area contributed by atoms with E-state index >= 15 is 0 Å². The van der Waals surface area contributed by atoms with E-state index in [0.717, 1.165) is 11.8 Å². The van der Waals surface area contributed by atoms with Crippen molar-refractivity contribution in [2.75, 3.05) is 19.4 Å². The fourth-order valence-electron chi connectivity index (χ4n) is 3.20. The number of aliphatic hydroxyl groups is 1. The molecule has 1 heterocycles. The number of aliphatic carboxylic acids is 1. The van der Waals surface area contributed by atoms with Crippen LogP contribution in [0, 0.1) is 6.42 Å². The summed E-state index contributed by atoms with van der Waals surface area (Å²) in [4.78, 5) is 61.8. The Labute approximate surface area is 218 Å². The minimum atomic E-state index is -1.33. The van der Waals surface area contributed by atoms with Crippen molar-refractivity contribution in [3.63, 3.8) is 0 Å². The number of primary amides is 1. The fourth-order valence-corrected chi connectivity index (χ4v) is 5.19. The molecule has 1 saturated heterocycles. The summed E-state index contributed by atoms with van der Waals surface area (Å²) in [6.07, 6.45) is 1.88. The van der Waals surface area contributed by atoms with Crippen LogP contribution in [0.15, 0.2) is 0 Å². The number of carbonyl (C=O) groups is 5. The molecular weight excluding hydrogens is 564 g/mol. The van der Waals surface area contributed by atoms with E-state index in [1.165, 1.54) is 33.3 Å². The van der Waals surface area contributed by atoms with E-state index in [1.54, 1.807) is 13.3 Å². The molecule has 0 bridgehead atoms. The Hall–Kier alpha value is -1.86. The Morgan fingerprint density at radius 3 is 2.29 bits per heavy atom. The SMILES string of the molecule is C[CH-]C[C@H]1N[C](=[Mo])[C@H](CC(N)=O)NC(=O)[C@H](C)NC(=O)C(CO)NC(=O)[C@@H](NC)CSC1C(=O)O. The second-order valence-electron chi connectivity index (χ2n) is 7.90. The number of likely N-dealkylation sites (N-methyl/N-ethyl adjacent to an activating group) is 1. The average molecular weight is 598 g/mol. The number of thioether (sulfide) groups is 1. The molecule has 0 aromatic heterocycles. The topological polar surface area (TPSA) is 212 Å². The molecule has 1 aliphatic rings. The Morgan fingerprint density at radius 2 is 1.77 bits per heavy atom. The van der Waals surface area contributed by atoms with Gasteiger partial charge in [0, 0.05) is 0 Å². The normalized spacial score (nSPS) is 29.6. The van der Waals surface area contributed by atoms with Crippen molar-refractivity contribution in [2.45, 2.75) is 62.1 Å². The van der Waals surface area contributed by atoms with Gasteiger partial charge >= 0.3 is 219 Å². The van der Waals surface area contributed by atoms with E-state index < -0.39 is 71.7 Å². The van der Waals surface area contributed by atoms with Crippen molar-refractivity contribution in [3.05, 3.63) is 6.42 Å². The van der Waals surface area contributed by atoms with Crippen LogP contribution in [0.1, 0.15) is 26.7 Å². The van der Waals surface area contributed by atoms with Gasteiger partial charge in [-0.3, -0.25) is 0 Å². The van der Waals surface area contributed by atoms with Crippen LogP contribution in [0.4, 0.5) is 0 Å². The molecule has 0 radical (unpaired) electrons. The number of amides is 4. The van der Waals surface area contributed by atoms with Gasteiger partial charge in [0.25, 0.3) is 0 Å². The van der Waals surface area contributed by atoms with E-state index in [9.17, 15) is 34.2 Å². The summed E-state index contributed by atoms with van der Waals surface area (Å²) in [5, 5.41) is 31.9. The molecule has 0 aliphatic carbocycles. The number of aliphatic hydroxyl groups excluding tert-OH is 1. The molecule has 0 aromatic rings. The van der Waals surface area contributed by atoms with Crippen molar-refractivity contribution in [1.82, 2.24) is 26.6 Å². The van der Waals surface area contributed by atoms with Crippen LogP contribution < -0.4 is 32.3 Å². The van der Waals surface area contributed by atoms with Crippen LogP contribution >= 0.6 is 11.8 Å². The number of rotatable bonds is 7. The first-order valence-corrected chi connectivity index (χ1v) is 12.9. The Bertz CT molecular complexity index is 817. The molecule has 2 unspecified atom stereocenters. The number of nitrogens with two attached hydrogens (primary N) is 1. The monoisotopic (exact) mass is 599 g/mol. The number of carbonyl (C=O) groups excluding carboxylic acids is 4. The second-order valence-corrected chi connectivity index (χ2v) is 10.2. The number of hydrogen-bond donors (Lipinski definition) is 8. The van der Waals surface area contributed by atoms with Gasteiger partial charge in [0.2, 0.25) is 0 Å². The van der Waals surface area contributed by atoms with E-state index in [-0.39, 0.29) is 12.2 Å². The van der Waals surface area contributed by atoms with Crippen LogP contribution in [0.25, 0.3) is 0 Å². The summed E-state index contributed by atoms with van der Waals surface area (Å²) in [6, 6.07) is -4.77. The van der Waals surface area contributed by atoms with Crippen molar-refractivity contribution in [1.29, 1.82) is 0 Å². The van der Waals surface area contributed by atoms with Crippen LogP contribution in [0.2, 0.25) is 0 Å². The van der Waals surface area contributed by atoms with Gasteiger partial charge in [-0.25, -0.2) is 0 Å². The summed E-state index contributed by atoms with van der Waals surface area (Å²) < 4.78 is 0.424. The summed E-state index contributed by atoms with van der Waals surface area (Å²) in [7, 11) is 1.52. The fraction of sp³-hybridized carbons (Fsp3) is 0.650. The maximum atomic E-state index is 12.7. The molecule has 0 saturated carbocycles. The zero-order valence-electron chi connectivity index (χ0n) is 19.7. The zero-order valence-corrected chi connectivity index (χ0v) is 22.5. The standard InChI is InChI=1S/C20H33N6O7S.Mo/c1-4-5-12-16(20(32)33)34-9-14(22-3)19(31)26-13(8-27)18(30)24-10(2)17(29)25-11(7-23-12)6-15(21)28;/h4,10-14,16,22-23,27H,5-6,8-9H2,1-3H3,(H2,21,28)(H,24,30)(H,25,29)(H,26,31)(H,32,33);/q-1;/t10-,11-,12+,13?,14-,16?;/m0./s1. The summed E-state index contributed by atoms with van der Waals surface area (Å²) in [5.74, 6) is -3.79. The molecule has 1 aliphatic heterocycles. The van der Waals surface area contributed by atoms with Crippen LogP contribution in [-0.4, -0.2) is 98.7 Å². The molecule has 4 amide bonds. The first-order valence-electron chi connectivity index (χ1n) is 10.8. The number of nitrogens with one attached hydrogen (secondary N) is 5. The van der Waals surface area contributed by atoms with Crippen molar-refractivity contribution in [3.8, 4) is 0 Å². The summed E-state index contributed by atoms with van der Waals surface area (Å²) in [5.41, 5.74) is 5.36. The third-order valence-corrected chi connectivity index (χ3v) is 7.54. The van der Waals surface area contributed by atoms with Crippen LogP contribution in [0.5, 0.6) is 0 Å². The number of carboxylic acids is 1. The van der Waals surface area contributed by atoms with E-state index in [4.69, 9.17) is 5.73 Å². The minimum absolute atomic E-state index is 0.0543. The third kappa shape index (κ3) is 9.96. The average Bonchev–Trinajstić information content (AvgIpc) is 2.78. The van der Waals surface area contributed by atoms with E-state index in [0.29, 0.717) is 10.4 Å². The molecule has 198 valence electrons. The molecule has 0 spiro atoms. The van der Waals surface area contributed by atoms with Crippen molar-refractivity contribution in [2.24, 2.45) is 5.73 Å². The first-order chi connectivity index (χ1) is 16.4. The van der Waals surface area contributed by atoms with E-state index in [1.807, 2.05) is 0 Å². The van der Waals surface area contributed by atoms with Crippen molar-refractivity contribution < 1.29 is 53.5 Å². The Morgan fingerprint density at radius 1 is 1.14 bits per heavy atom. The Balaban J connectivity index is 3.39. The predicted molar refractivity (Wildman–Crippen MR) is 126 cm³/mol. The second kappa shape index (κ2) is 15.3. The first kappa shape index (κ1) is 31.2. The predicted octanol–water partition coefficient (Wildman–Crippen LogP) is -3.63. The van der Waals surface area contributed by atoms with Crippen LogP contribution in [0.3, 0.4) is 0 Å². The van der Waals surface area contributed by atoms with Gasteiger partial charge in [-0.1, -0.05) is 0 Å². The van der Waals surface area contributed by atoms with Crippen LogP contribution in [-0.2, 0) is 43.3 Å². The van der Waals surface area contributed by atoms with Gasteiger partial charge in [0.05, 0.1) is 0 Å². The molecule has 0 aromatic carbocycles. The summed E-state index contributed by atoms with van der Waals surface area (Å²) >= 11 is 2.54. The molecule has 15 heteroatoms. The van der Waals surface area contributed by atoms with Gasteiger partial charge in [-0.05, 0) is 0 Å². The van der Waals surface area contributed by atoms with Crippen molar-refractivity contribution >= 4 is 45.4 Å². The summed E-state index contributed by atoms with van der Waals surface area (Å²) in [6.45, 7) is 2.45. The third-order valence-electron chi connectivity index (χ3n) is 5.14. The molecule has 6 atom stereocenters. The number of hydrogen-bond acceptors (Lipinski definition) is 9. The Kier molecular flexibility index (Phi) is 13.6. The molecular formula is C20H33MoN6O7S-.